The molecule has 0 saturated carbocycles. The average molecular weight is 292 g/mol. The molecule has 0 heterocycles. The zero-order valence-electron chi connectivity index (χ0n) is 13.1. The van der Waals surface area contributed by atoms with Gasteiger partial charge in [0.25, 0.3) is 0 Å². The minimum Gasteiger partial charge on any atom is -0.478 e. The molecular weight excluding hydrogens is 268 g/mol. The number of carboxylic acids is 1. The minimum absolute atomic E-state index is 0.0481. The standard InChI is InChI=1S/C16H24N2O3/c1-5-12(6-2)11(3)17-16(21)18(4)14-10-8-7-9-13(14)15(19)20/h7-12H,5-6H2,1-4H3,(H,17,21)(H,19,20). The topological polar surface area (TPSA) is 69.6 Å². The number of benzene rings is 1. The largest absolute Gasteiger partial charge is 0.478 e. The van der Waals surface area contributed by atoms with Crippen molar-refractivity contribution in [3.63, 3.8) is 0 Å². The van der Waals surface area contributed by atoms with Crippen molar-refractivity contribution in [2.75, 3.05) is 11.9 Å². The molecule has 0 saturated heterocycles. The van der Waals surface area contributed by atoms with Crippen molar-refractivity contribution >= 4 is 17.7 Å². The van der Waals surface area contributed by atoms with E-state index in [1.807, 2.05) is 6.92 Å². The van der Waals surface area contributed by atoms with Crippen molar-refractivity contribution in [3.8, 4) is 0 Å². The number of amides is 2. The quantitative estimate of drug-likeness (QED) is 0.844. The molecule has 0 aromatic heterocycles. The van der Waals surface area contributed by atoms with E-state index in [0.717, 1.165) is 12.8 Å². The number of anilines is 1. The monoisotopic (exact) mass is 292 g/mol. The molecule has 2 N–H and O–H groups in total. The van der Waals surface area contributed by atoms with E-state index in [4.69, 9.17) is 0 Å². The summed E-state index contributed by atoms with van der Waals surface area (Å²) in [6.45, 7) is 6.17. The summed E-state index contributed by atoms with van der Waals surface area (Å²) in [4.78, 5) is 24.8. The van der Waals surface area contributed by atoms with Crippen LogP contribution in [-0.2, 0) is 0 Å². The fourth-order valence-corrected chi connectivity index (χ4v) is 2.46. The number of carboxylic acid groups (broad SMARTS) is 1. The molecule has 21 heavy (non-hydrogen) atoms. The van der Waals surface area contributed by atoms with Gasteiger partial charge in [0, 0.05) is 13.1 Å². The van der Waals surface area contributed by atoms with Gasteiger partial charge in [-0.1, -0.05) is 38.8 Å². The zero-order valence-corrected chi connectivity index (χ0v) is 13.1. The predicted molar refractivity (Wildman–Crippen MR) is 83.9 cm³/mol. The van der Waals surface area contributed by atoms with Gasteiger partial charge in [0.1, 0.15) is 0 Å². The number of carbonyl (C=O) groups is 2. The van der Waals surface area contributed by atoms with E-state index in [2.05, 4.69) is 19.2 Å². The van der Waals surface area contributed by atoms with Crippen molar-refractivity contribution in [1.29, 1.82) is 0 Å². The Bertz CT molecular complexity index is 498. The lowest BCUT2D eigenvalue weighted by molar-refractivity contribution is 0.0697. The van der Waals surface area contributed by atoms with Crippen LogP contribution in [0.1, 0.15) is 44.0 Å². The lowest BCUT2D eigenvalue weighted by Gasteiger charge is -2.26. The molecule has 1 rings (SSSR count). The van der Waals surface area contributed by atoms with Gasteiger partial charge in [-0.2, -0.15) is 0 Å². The lowest BCUT2D eigenvalue weighted by Crippen LogP contribution is -2.45. The fraction of sp³-hybridized carbons (Fsp3) is 0.500. The number of para-hydroxylation sites is 1. The Morgan fingerprint density at radius 1 is 1.24 bits per heavy atom. The van der Waals surface area contributed by atoms with E-state index >= 15 is 0 Å². The first-order valence-corrected chi connectivity index (χ1v) is 7.28. The van der Waals surface area contributed by atoms with Gasteiger partial charge in [-0.3, -0.25) is 4.90 Å². The Hall–Kier alpha value is -2.04. The number of aromatic carboxylic acids is 1. The molecule has 5 heteroatoms. The molecule has 116 valence electrons. The summed E-state index contributed by atoms with van der Waals surface area (Å²) in [5.74, 6) is -0.629. The molecule has 1 aromatic carbocycles. The number of urea groups is 1. The summed E-state index contributed by atoms with van der Waals surface area (Å²) in [5, 5.41) is 12.1. The predicted octanol–water partition coefficient (Wildman–Crippen LogP) is 3.36. The number of hydrogen-bond acceptors (Lipinski definition) is 2. The minimum atomic E-state index is -1.04. The van der Waals surface area contributed by atoms with Gasteiger partial charge in [-0.15, -0.1) is 0 Å². The second-order valence-corrected chi connectivity index (χ2v) is 5.20. The normalized spacial score (nSPS) is 12.0. The Morgan fingerprint density at radius 2 is 1.81 bits per heavy atom. The van der Waals surface area contributed by atoms with Crippen molar-refractivity contribution in [1.82, 2.24) is 5.32 Å². The third kappa shape index (κ3) is 4.21. The Labute approximate surface area is 126 Å². The first-order valence-electron chi connectivity index (χ1n) is 7.28. The average Bonchev–Trinajstić information content (AvgIpc) is 2.47. The Kier molecular flexibility index (Phi) is 6.21. The molecule has 1 unspecified atom stereocenters. The van der Waals surface area contributed by atoms with Crippen LogP contribution < -0.4 is 10.2 Å². The van der Waals surface area contributed by atoms with E-state index < -0.39 is 5.97 Å². The molecule has 5 nitrogen and oxygen atoms in total. The summed E-state index contributed by atoms with van der Waals surface area (Å²) in [7, 11) is 1.58. The lowest BCUT2D eigenvalue weighted by atomic mass is 9.96. The highest BCUT2D eigenvalue weighted by atomic mass is 16.4. The number of carbonyl (C=O) groups excluding carboxylic acids is 1. The maximum atomic E-state index is 12.3. The highest BCUT2D eigenvalue weighted by Crippen LogP contribution is 2.20. The number of nitrogens with zero attached hydrogens (tertiary/aromatic N) is 1. The van der Waals surface area contributed by atoms with Crippen LogP contribution in [0.15, 0.2) is 24.3 Å². The van der Waals surface area contributed by atoms with Crippen LogP contribution in [-0.4, -0.2) is 30.2 Å². The van der Waals surface area contributed by atoms with E-state index in [9.17, 15) is 14.7 Å². The van der Waals surface area contributed by atoms with E-state index in [1.165, 1.54) is 11.0 Å². The number of nitrogens with one attached hydrogen (secondary N) is 1. The molecule has 0 bridgehead atoms. The van der Waals surface area contributed by atoms with Crippen LogP contribution in [0.3, 0.4) is 0 Å². The van der Waals surface area contributed by atoms with Crippen molar-refractivity contribution in [3.05, 3.63) is 29.8 Å². The van der Waals surface area contributed by atoms with Crippen LogP contribution in [0.5, 0.6) is 0 Å². The molecule has 0 aliphatic carbocycles. The summed E-state index contributed by atoms with van der Waals surface area (Å²) in [6.07, 6.45) is 1.99. The van der Waals surface area contributed by atoms with Crippen LogP contribution >= 0.6 is 0 Å². The molecule has 1 aromatic rings. The SMILES string of the molecule is CCC(CC)C(C)NC(=O)N(C)c1ccccc1C(=O)O. The first kappa shape index (κ1) is 17.0. The zero-order chi connectivity index (χ0) is 16.0. The van der Waals surface area contributed by atoms with Crippen LogP contribution in [0.4, 0.5) is 10.5 Å². The number of rotatable bonds is 6. The van der Waals surface area contributed by atoms with Crippen molar-refractivity contribution < 1.29 is 14.7 Å². The molecule has 0 aliphatic heterocycles. The Morgan fingerprint density at radius 3 is 2.33 bits per heavy atom. The van der Waals surface area contributed by atoms with Crippen LogP contribution in [0.2, 0.25) is 0 Å². The maximum absolute atomic E-state index is 12.3. The van der Waals surface area contributed by atoms with Gasteiger partial charge in [-0.25, -0.2) is 9.59 Å². The molecule has 0 radical (unpaired) electrons. The van der Waals surface area contributed by atoms with Gasteiger partial charge in [0.05, 0.1) is 11.3 Å². The van der Waals surface area contributed by atoms with Crippen LogP contribution in [0.25, 0.3) is 0 Å². The molecule has 1 atom stereocenters. The highest BCUT2D eigenvalue weighted by molar-refractivity contribution is 6.01. The van der Waals surface area contributed by atoms with E-state index in [0.29, 0.717) is 11.6 Å². The second-order valence-electron chi connectivity index (χ2n) is 5.20. The summed E-state index contributed by atoms with van der Waals surface area (Å²) < 4.78 is 0. The summed E-state index contributed by atoms with van der Waals surface area (Å²) in [6, 6.07) is 6.24. The number of hydrogen-bond donors (Lipinski definition) is 2. The molecule has 0 fully saturated rings. The third-order valence-corrected chi connectivity index (χ3v) is 3.91. The molecular formula is C16H24N2O3. The van der Waals surface area contributed by atoms with Crippen LogP contribution in [0, 0.1) is 5.92 Å². The first-order chi connectivity index (χ1) is 9.92. The second kappa shape index (κ2) is 7.67. The maximum Gasteiger partial charge on any atom is 0.337 e. The highest BCUT2D eigenvalue weighted by Gasteiger charge is 2.21. The molecule has 0 spiro atoms. The third-order valence-electron chi connectivity index (χ3n) is 3.91. The van der Waals surface area contributed by atoms with Gasteiger partial charge < -0.3 is 10.4 Å². The van der Waals surface area contributed by atoms with Gasteiger partial charge in [0.2, 0.25) is 0 Å². The summed E-state index contributed by atoms with van der Waals surface area (Å²) >= 11 is 0. The van der Waals surface area contributed by atoms with Crippen molar-refractivity contribution in [2.45, 2.75) is 39.7 Å². The molecule has 2 amide bonds. The van der Waals surface area contributed by atoms with E-state index in [-0.39, 0.29) is 17.6 Å². The summed E-state index contributed by atoms with van der Waals surface area (Å²) in [5.41, 5.74) is 0.504. The smallest absolute Gasteiger partial charge is 0.337 e. The Balaban J connectivity index is 2.86. The van der Waals surface area contributed by atoms with Crippen molar-refractivity contribution in [2.24, 2.45) is 5.92 Å². The van der Waals surface area contributed by atoms with Gasteiger partial charge in [-0.05, 0) is 25.0 Å². The van der Waals surface area contributed by atoms with Gasteiger partial charge >= 0.3 is 12.0 Å². The van der Waals surface area contributed by atoms with E-state index in [1.54, 1.807) is 25.2 Å². The fourth-order valence-electron chi connectivity index (χ4n) is 2.46. The van der Waals surface area contributed by atoms with Gasteiger partial charge in [0.15, 0.2) is 0 Å². The molecule has 0 aliphatic rings.